The Morgan fingerprint density at radius 2 is 1.82 bits per heavy atom. The van der Waals surface area contributed by atoms with Crippen LogP contribution in [0.5, 0.6) is 0 Å². The van der Waals surface area contributed by atoms with Crippen LogP contribution in [0.2, 0.25) is 0 Å². The standard InChI is InChI=1S/C20H34O2/c1-19-14(5-3-7-18(19)21)8-9-15-16(19)10-12-20(13-22-2)11-4-6-17(15)20/h14-18,21H,3-13H2,1-2H3/t14-,15+,16-,17+,18?,19-,20-/m0/s1. The zero-order valence-corrected chi connectivity index (χ0v) is 14.5. The number of rotatable bonds is 2. The first-order valence-corrected chi connectivity index (χ1v) is 9.79. The monoisotopic (exact) mass is 306 g/mol. The molecule has 0 bridgehead atoms. The molecule has 2 heteroatoms. The Labute approximate surface area is 136 Å². The van der Waals surface area contributed by atoms with E-state index in [-0.39, 0.29) is 11.5 Å². The molecule has 4 rings (SSSR count). The SMILES string of the molecule is COC[C@@]12CCC[C@@H]1[C@@H]1CC[C@@H]3CCCC(O)[C@]3(C)[C@H]1CC2. The van der Waals surface area contributed by atoms with Crippen LogP contribution in [0.25, 0.3) is 0 Å². The lowest BCUT2D eigenvalue weighted by atomic mass is 9.44. The Kier molecular flexibility index (Phi) is 3.85. The molecule has 126 valence electrons. The van der Waals surface area contributed by atoms with Gasteiger partial charge in [-0.15, -0.1) is 0 Å². The van der Waals surface area contributed by atoms with Gasteiger partial charge in [-0.1, -0.05) is 19.8 Å². The highest BCUT2D eigenvalue weighted by molar-refractivity contribution is 5.09. The molecule has 1 N–H and O–H groups in total. The van der Waals surface area contributed by atoms with Gasteiger partial charge >= 0.3 is 0 Å². The molecule has 0 radical (unpaired) electrons. The van der Waals surface area contributed by atoms with E-state index in [0.29, 0.717) is 5.41 Å². The third kappa shape index (κ3) is 1.99. The van der Waals surface area contributed by atoms with E-state index in [1.165, 1.54) is 57.8 Å². The molecule has 0 heterocycles. The minimum absolute atomic E-state index is 0.0459. The summed E-state index contributed by atoms with van der Waals surface area (Å²) in [5, 5.41) is 10.9. The third-order valence-corrected chi connectivity index (χ3v) is 8.67. The Morgan fingerprint density at radius 3 is 2.64 bits per heavy atom. The molecule has 7 atom stereocenters. The van der Waals surface area contributed by atoms with E-state index in [9.17, 15) is 5.11 Å². The molecule has 4 aliphatic carbocycles. The average molecular weight is 306 g/mol. The molecule has 0 saturated heterocycles. The number of hydrogen-bond donors (Lipinski definition) is 1. The van der Waals surface area contributed by atoms with Gasteiger partial charge in [-0.3, -0.25) is 0 Å². The fourth-order valence-electron chi connectivity index (χ4n) is 7.65. The number of hydrogen-bond acceptors (Lipinski definition) is 2. The summed E-state index contributed by atoms with van der Waals surface area (Å²) in [5.74, 6) is 3.29. The number of aliphatic hydroxyl groups is 1. The van der Waals surface area contributed by atoms with E-state index in [0.717, 1.165) is 36.7 Å². The summed E-state index contributed by atoms with van der Waals surface area (Å²) in [5.41, 5.74) is 0.696. The molecule has 2 nitrogen and oxygen atoms in total. The number of aliphatic hydroxyl groups excluding tert-OH is 1. The predicted octanol–water partition coefficient (Wildman–Crippen LogP) is 4.41. The fraction of sp³-hybridized carbons (Fsp3) is 1.00. The molecule has 0 aromatic rings. The second-order valence-corrected chi connectivity index (χ2v) is 9.19. The summed E-state index contributed by atoms with van der Waals surface area (Å²) in [6.07, 6.45) is 13.3. The van der Waals surface area contributed by atoms with Gasteiger partial charge in [-0.2, -0.15) is 0 Å². The molecular formula is C20H34O2. The van der Waals surface area contributed by atoms with Gasteiger partial charge in [0.15, 0.2) is 0 Å². The second-order valence-electron chi connectivity index (χ2n) is 9.19. The molecule has 22 heavy (non-hydrogen) atoms. The largest absolute Gasteiger partial charge is 0.393 e. The second kappa shape index (κ2) is 5.48. The maximum atomic E-state index is 10.9. The van der Waals surface area contributed by atoms with Gasteiger partial charge < -0.3 is 9.84 Å². The van der Waals surface area contributed by atoms with Crippen LogP contribution in [0.15, 0.2) is 0 Å². The smallest absolute Gasteiger partial charge is 0.0599 e. The van der Waals surface area contributed by atoms with Gasteiger partial charge in [-0.25, -0.2) is 0 Å². The van der Waals surface area contributed by atoms with Crippen molar-refractivity contribution in [3.63, 3.8) is 0 Å². The quantitative estimate of drug-likeness (QED) is 0.819. The molecule has 4 fully saturated rings. The van der Waals surface area contributed by atoms with Crippen molar-refractivity contribution in [3.8, 4) is 0 Å². The summed E-state index contributed by atoms with van der Waals surface area (Å²) < 4.78 is 5.67. The molecule has 0 amide bonds. The van der Waals surface area contributed by atoms with Crippen molar-refractivity contribution in [3.05, 3.63) is 0 Å². The van der Waals surface area contributed by atoms with E-state index in [2.05, 4.69) is 6.92 Å². The van der Waals surface area contributed by atoms with Crippen LogP contribution in [0.3, 0.4) is 0 Å². The normalized spacial score (nSPS) is 54.4. The Hall–Kier alpha value is -0.0800. The number of ether oxygens (including phenoxy) is 1. The van der Waals surface area contributed by atoms with Crippen molar-refractivity contribution in [1.29, 1.82) is 0 Å². The third-order valence-electron chi connectivity index (χ3n) is 8.67. The average Bonchev–Trinajstić information content (AvgIpc) is 2.93. The molecule has 4 saturated carbocycles. The lowest BCUT2D eigenvalue weighted by Crippen LogP contribution is -2.57. The van der Waals surface area contributed by atoms with Crippen LogP contribution in [-0.4, -0.2) is 24.9 Å². The van der Waals surface area contributed by atoms with Crippen LogP contribution in [0.4, 0.5) is 0 Å². The molecular weight excluding hydrogens is 272 g/mol. The highest BCUT2D eigenvalue weighted by atomic mass is 16.5. The summed E-state index contributed by atoms with van der Waals surface area (Å²) in [6.45, 7) is 3.43. The predicted molar refractivity (Wildman–Crippen MR) is 88.6 cm³/mol. The van der Waals surface area contributed by atoms with Crippen LogP contribution >= 0.6 is 0 Å². The van der Waals surface area contributed by atoms with Crippen LogP contribution in [0, 0.1) is 34.5 Å². The van der Waals surface area contributed by atoms with Crippen LogP contribution in [-0.2, 0) is 4.74 Å². The maximum absolute atomic E-state index is 10.9. The van der Waals surface area contributed by atoms with E-state index in [4.69, 9.17) is 4.74 Å². The zero-order valence-electron chi connectivity index (χ0n) is 14.5. The molecule has 0 spiro atoms. The summed E-state index contributed by atoms with van der Waals surface area (Å²) in [6, 6.07) is 0. The van der Waals surface area contributed by atoms with Crippen molar-refractivity contribution in [2.24, 2.45) is 34.5 Å². The number of fused-ring (bicyclic) bond motifs is 5. The van der Waals surface area contributed by atoms with E-state index in [1.54, 1.807) is 0 Å². The highest BCUT2D eigenvalue weighted by Gasteiger charge is 2.60. The first-order valence-electron chi connectivity index (χ1n) is 9.79. The van der Waals surface area contributed by atoms with Crippen molar-refractivity contribution in [1.82, 2.24) is 0 Å². The molecule has 0 aliphatic heterocycles. The van der Waals surface area contributed by atoms with Gasteiger partial charge in [-0.05, 0) is 85.9 Å². The van der Waals surface area contributed by atoms with E-state index < -0.39 is 0 Å². The van der Waals surface area contributed by atoms with Gasteiger partial charge in [0.05, 0.1) is 12.7 Å². The molecule has 0 aromatic heterocycles. The van der Waals surface area contributed by atoms with Crippen molar-refractivity contribution >= 4 is 0 Å². The topological polar surface area (TPSA) is 29.5 Å². The molecule has 4 aliphatic rings. The minimum Gasteiger partial charge on any atom is -0.393 e. The summed E-state index contributed by atoms with van der Waals surface area (Å²) in [4.78, 5) is 0. The van der Waals surface area contributed by atoms with Crippen LogP contribution < -0.4 is 0 Å². The summed E-state index contributed by atoms with van der Waals surface area (Å²) in [7, 11) is 1.89. The Bertz CT molecular complexity index is 422. The first-order chi connectivity index (χ1) is 10.6. The Balaban J connectivity index is 1.64. The summed E-state index contributed by atoms with van der Waals surface area (Å²) >= 11 is 0. The lowest BCUT2D eigenvalue weighted by molar-refractivity contribution is -0.167. The van der Waals surface area contributed by atoms with Gasteiger partial charge in [0.2, 0.25) is 0 Å². The molecule has 0 aromatic carbocycles. The van der Waals surface area contributed by atoms with E-state index in [1.807, 2.05) is 7.11 Å². The molecule has 1 unspecified atom stereocenters. The fourth-order valence-corrected chi connectivity index (χ4v) is 7.65. The maximum Gasteiger partial charge on any atom is 0.0599 e. The van der Waals surface area contributed by atoms with Gasteiger partial charge in [0, 0.05) is 7.11 Å². The first kappa shape index (κ1) is 15.4. The van der Waals surface area contributed by atoms with Gasteiger partial charge in [0.1, 0.15) is 0 Å². The van der Waals surface area contributed by atoms with Gasteiger partial charge in [0.25, 0.3) is 0 Å². The highest BCUT2D eigenvalue weighted by Crippen LogP contribution is 2.66. The van der Waals surface area contributed by atoms with Crippen LogP contribution in [0.1, 0.15) is 71.1 Å². The van der Waals surface area contributed by atoms with E-state index >= 15 is 0 Å². The van der Waals surface area contributed by atoms with Crippen molar-refractivity contribution < 1.29 is 9.84 Å². The zero-order chi connectivity index (χ0) is 15.4. The minimum atomic E-state index is -0.0459. The van der Waals surface area contributed by atoms with Crippen molar-refractivity contribution in [2.75, 3.05) is 13.7 Å². The number of methoxy groups -OCH3 is 1. The lowest BCUT2D eigenvalue weighted by Gasteiger charge is -2.61. The van der Waals surface area contributed by atoms with Crippen molar-refractivity contribution in [2.45, 2.75) is 77.2 Å². The Morgan fingerprint density at radius 1 is 0.955 bits per heavy atom.